The molecule has 21 heavy (non-hydrogen) atoms. The number of benzene rings is 1. The SMILES string of the molecule is CC(C)NCc1ccccc1OCc1ccnc(C#N)c1. The van der Waals surface area contributed by atoms with Gasteiger partial charge in [0.15, 0.2) is 0 Å². The zero-order valence-corrected chi connectivity index (χ0v) is 12.3. The van der Waals surface area contributed by atoms with Gasteiger partial charge in [0, 0.05) is 24.3 Å². The molecule has 2 aromatic rings. The molecule has 1 N–H and O–H groups in total. The molecule has 0 spiro atoms. The third-order valence-electron chi connectivity index (χ3n) is 3.01. The molecule has 0 amide bonds. The van der Waals surface area contributed by atoms with E-state index in [1.807, 2.05) is 30.3 Å². The Morgan fingerprint density at radius 3 is 2.86 bits per heavy atom. The Kier molecular flexibility index (Phi) is 5.30. The zero-order valence-electron chi connectivity index (χ0n) is 12.3. The molecule has 0 aliphatic carbocycles. The fourth-order valence-corrected chi connectivity index (χ4v) is 1.89. The predicted molar refractivity (Wildman–Crippen MR) is 81.7 cm³/mol. The number of nitrogens with one attached hydrogen (secondary N) is 1. The zero-order chi connectivity index (χ0) is 15.1. The molecule has 4 nitrogen and oxygen atoms in total. The van der Waals surface area contributed by atoms with Crippen LogP contribution in [-0.4, -0.2) is 11.0 Å². The second-order valence-corrected chi connectivity index (χ2v) is 5.09. The fraction of sp³-hybridized carbons (Fsp3) is 0.294. The maximum absolute atomic E-state index is 8.85. The van der Waals surface area contributed by atoms with Crippen LogP contribution in [-0.2, 0) is 13.2 Å². The summed E-state index contributed by atoms with van der Waals surface area (Å²) >= 11 is 0. The molecule has 0 aliphatic heterocycles. The summed E-state index contributed by atoms with van der Waals surface area (Å²) in [6.07, 6.45) is 1.63. The van der Waals surface area contributed by atoms with Crippen molar-refractivity contribution in [3.63, 3.8) is 0 Å². The Morgan fingerprint density at radius 2 is 2.10 bits per heavy atom. The largest absolute Gasteiger partial charge is 0.489 e. The Hall–Kier alpha value is -2.38. The van der Waals surface area contributed by atoms with Gasteiger partial charge < -0.3 is 10.1 Å². The molecule has 2 rings (SSSR count). The van der Waals surface area contributed by atoms with E-state index in [0.29, 0.717) is 18.3 Å². The lowest BCUT2D eigenvalue weighted by molar-refractivity contribution is 0.301. The second-order valence-electron chi connectivity index (χ2n) is 5.09. The van der Waals surface area contributed by atoms with Crippen LogP contribution in [0.25, 0.3) is 0 Å². The molecule has 0 bridgehead atoms. The van der Waals surface area contributed by atoms with Gasteiger partial charge in [-0.05, 0) is 23.8 Å². The van der Waals surface area contributed by atoms with Gasteiger partial charge >= 0.3 is 0 Å². The third kappa shape index (κ3) is 4.59. The Morgan fingerprint density at radius 1 is 1.29 bits per heavy atom. The molecule has 0 saturated heterocycles. The molecule has 1 aromatic carbocycles. The van der Waals surface area contributed by atoms with Crippen LogP contribution in [0, 0.1) is 11.3 Å². The lowest BCUT2D eigenvalue weighted by atomic mass is 10.2. The van der Waals surface area contributed by atoms with Crippen LogP contribution in [0.1, 0.15) is 30.7 Å². The topological polar surface area (TPSA) is 57.9 Å². The molecular formula is C17H19N3O. The first-order chi connectivity index (χ1) is 10.2. The standard InChI is InChI=1S/C17H19N3O/c1-13(2)20-11-15-5-3-4-6-17(15)21-12-14-7-8-19-16(9-14)10-18/h3-9,13,20H,11-12H2,1-2H3. The van der Waals surface area contributed by atoms with Crippen molar-refractivity contribution in [3.8, 4) is 11.8 Å². The van der Waals surface area contributed by atoms with Crippen molar-refractivity contribution in [1.82, 2.24) is 10.3 Å². The maximum Gasteiger partial charge on any atom is 0.140 e. The minimum absolute atomic E-state index is 0.408. The molecule has 0 fully saturated rings. The Bertz CT molecular complexity index is 632. The minimum Gasteiger partial charge on any atom is -0.489 e. The number of para-hydroxylation sites is 1. The normalized spacial score (nSPS) is 10.4. The van der Waals surface area contributed by atoms with E-state index in [4.69, 9.17) is 10.00 Å². The van der Waals surface area contributed by atoms with Gasteiger partial charge in [0.25, 0.3) is 0 Å². The summed E-state index contributed by atoms with van der Waals surface area (Å²) in [5.74, 6) is 0.862. The quantitative estimate of drug-likeness (QED) is 0.884. The average Bonchev–Trinajstić information content (AvgIpc) is 2.52. The van der Waals surface area contributed by atoms with Gasteiger partial charge in [0.05, 0.1) is 0 Å². The van der Waals surface area contributed by atoms with Crippen molar-refractivity contribution >= 4 is 0 Å². The van der Waals surface area contributed by atoms with E-state index in [1.165, 1.54) is 0 Å². The van der Waals surface area contributed by atoms with Crippen molar-refractivity contribution in [2.24, 2.45) is 0 Å². The van der Waals surface area contributed by atoms with E-state index in [1.54, 1.807) is 12.3 Å². The summed E-state index contributed by atoms with van der Waals surface area (Å²) in [6.45, 7) is 5.43. The molecule has 0 saturated carbocycles. The number of hydrogen-bond donors (Lipinski definition) is 1. The van der Waals surface area contributed by atoms with Crippen molar-refractivity contribution < 1.29 is 4.74 Å². The molecule has 4 heteroatoms. The summed E-state index contributed by atoms with van der Waals surface area (Å²) in [7, 11) is 0. The Balaban J connectivity index is 2.04. The number of nitrogens with zero attached hydrogens (tertiary/aromatic N) is 2. The lowest BCUT2D eigenvalue weighted by Gasteiger charge is -2.13. The van der Waals surface area contributed by atoms with Crippen molar-refractivity contribution in [2.45, 2.75) is 33.0 Å². The van der Waals surface area contributed by atoms with Gasteiger partial charge in [0.2, 0.25) is 0 Å². The van der Waals surface area contributed by atoms with Crippen molar-refractivity contribution in [2.75, 3.05) is 0 Å². The number of pyridine rings is 1. The number of rotatable bonds is 6. The van der Waals surface area contributed by atoms with Crippen molar-refractivity contribution in [3.05, 3.63) is 59.4 Å². The molecule has 0 unspecified atom stereocenters. The molecule has 1 heterocycles. The van der Waals surface area contributed by atoms with E-state index in [9.17, 15) is 0 Å². The predicted octanol–water partition coefficient (Wildman–Crippen LogP) is 3.03. The molecule has 108 valence electrons. The minimum atomic E-state index is 0.408. The lowest BCUT2D eigenvalue weighted by Crippen LogP contribution is -2.22. The fourth-order valence-electron chi connectivity index (χ4n) is 1.89. The van der Waals surface area contributed by atoms with Crippen molar-refractivity contribution in [1.29, 1.82) is 5.26 Å². The monoisotopic (exact) mass is 281 g/mol. The van der Waals surface area contributed by atoms with Crippen LogP contribution in [0.3, 0.4) is 0 Å². The average molecular weight is 281 g/mol. The second kappa shape index (κ2) is 7.41. The highest BCUT2D eigenvalue weighted by molar-refractivity contribution is 5.34. The molecule has 0 radical (unpaired) electrons. The summed E-state index contributed by atoms with van der Waals surface area (Å²) in [5.41, 5.74) is 2.47. The van der Waals surface area contributed by atoms with Crippen LogP contribution in [0.5, 0.6) is 5.75 Å². The summed E-state index contributed by atoms with van der Waals surface area (Å²) < 4.78 is 5.88. The summed E-state index contributed by atoms with van der Waals surface area (Å²) in [5, 5.41) is 12.2. The van der Waals surface area contributed by atoms with Gasteiger partial charge in [-0.2, -0.15) is 5.26 Å². The van der Waals surface area contributed by atoms with Gasteiger partial charge in [0.1, 0.15) is 24.1 Å². The van der Waals surface area contributed by atoms with E-state index in [2.05, 4.69) is 30.2 Å². The molecule has 0 aliphatic rings. The Labute approximate surface area is 125 Å². The highest BCUT2D eigenvalue weighted by Gasteiger charge is 2.04. The molecule has 1 aromatic heterocycles. The van der Waals surface area contributed by atoms with Crippen LogP contribution >= 0.6 is 0 Å². The van der Waals surface area contributed by atoms with Gasteiger partial charge in [-0.3, -0.25) is 0 Å². The highest BCUT2D eigenvalue weighted by Crippen LogP contribution is 2.19. The first-order valence-corrected chi connectivity index (χ1v) is 6.98. The van der Waals surface area contributed by atoms with Crippen LogP contribution in [0.2, 0.25) is 0 Å². The van der Waals surface area contributed by atoms with E-state index in [-0.39, 0.29) is 0 Å². The molecular weight excluding hydrogens is 262 g/mol. The first-order valence-electron chi connectivity index (χ1n) is 6.98. The van der Waals surface area contributed by atoms with Crippen LogP contribution in [0.15, 0.2) is 42.6 Å². The number of nitriles is 1. The van der Waals surface area contributed by atoms with Gasteiger partial charge in [-0.1, -0.05) is 32.0 Å². The maximum atomic E-state index is 8.85. The van der Waals surface area contributed by atoms with E-state index >= 15 is 0 Å². The van der Waals surface area contributed by atoms with Crippen LogP contribution in [0.4, 0.5) is 0 Å². The van der Waals surface area contributed by atoms with Gasteiger partial charge in [-0.15, -0.1) is 0 Å². The highest BCUT2D eigenvalue weighted by atomic mass is 16.5. The summed E-state index contributed by atoms with van der Waals surface area (Å²) in [4.78, 5) is 3.95. The molecule has 0 atom stereocenters. The summed E-state index contributed by atoms with van der Waals surface area (Å²) in [6, 6.07) is 14.0. The first kappa shape index (κ1) is 15.0. The smallest absolute Gasteiger partial charge is 0.140 e. The number of aromatic nitrogens is 1. The van der Waals surface area contributed by atoms with Crippen LogP contribution < -0.4 is 10.1 Å². The number of hydrogen-bond acceptors (Lipinski definition) is 4. The third-order valence-corrected chi connectivity index (χ3v) is 3.01. The van der Waals surface area contributed by atoms with E-state index < -0.39 is 0 Å². The van der Waals surface area contributed by atoms with E-state index in [0.717, 1.165) is 23.4 Å². The number of ether oxygens (including phenoxy) is 1. The van der Waals surface area contributed by atoms with Gasteiger partial charge in [-0.25, -0.2) is 4.98 Å².